The van der Waals surface area contributed by atoms with Crippen molar-refractivity contribution < 1.29 is 31.8 Å². The highest BCUT2D eigenvalue weighted by Crippen LogP contribution is 2.35. The third-order valence-electron chi connectivity index (χ3n) is 2.06. The lowest BCUT2D eigenvalue weighted by Crippen LogP contribution is -2.09. The van der Waals surface area contributed by atoms with Crippen LogP contribution in [0.25, 0.3) is 0 Å². The van der Waals surface area contributed by atoms with Gasteiger partial charge in [-0.15, -0.1) is 0 Å². The summed E-state index contributed by atoms with van der Waals surface area (Å²) < 4.78 is 56.8. The molecule has 0 amide bonds. The maximum atomic E-state index is 12.2. The first-order chi connectivity index (χ1) is 8.81. The lowest BCUT2D eigenvalue weighted by Gasteiger charge is -2.15. The van der Waals surface area contributed by atoms with Gasteiger partial charge in [0.1, 0.15) is 22.1 Å². The van der Waals surface area contributed by atoms with Crippen LogP contribution in [0.15, 0.2) is 18.2 Å². The lowest BCUT2D eigenvalue weighted by molar-refractivity contribution is -0.116. The van der Waals surface area contributed by atoms with Gasteiger partial charge in [0.25, 0.3) is 0 Å². The average molecular weight is 345 g/mol. The second kappa shape index (κ2) is 6.74. The quantitative estimate of drug-likeness (QED) is 0.579. The zero-order valence-electron chi connectivity index (χ0n) is 9.58. The summed E-state index contributed by atoms with van der Waals surface area (Å²) >= 11 is 3.00. The summed E-state index contributed by atoms with van der Waals surface area (Å²) in [5, 5.41) is 0. The molecule has 1 aromatic rings. The lowest BCUT2D eigenvalue weighted by atomic mass is 10.1. The van der Waals surface area contributed by atoms with Gasteiger partial charge in [0.05, 0.1) is 0 Å². The van der Waals surface area contributed by atoms with E-state index in [-0.39, 0.29) is 17.1 Å². The average Bonchev–Trinajstić information content (AvgIpc) is 2.26. The van der Waals surface area contributed by atoms with Gasteiger partial charge in [-0.3, -0.25) is 4.79 Å². The van der Waals surface area contributed by atoms with Crippen LogP contribution in [-0.2, 0) is 4.79 Å². The molecule has 0 spiro atoms. The van der Waals surface area contributed by atoms with Gasteiger partial charge in [-0.25, -0.2) is 0 Å². The summed E-state index contributed by atoms with van der Waals surface area (Å²) in [7, 11) is 0. The van der Waals surface area contributed by atoms with E-state index < -0.39 is 23.8 Å². The third kappa shape index (κ3) is 4.70. The van der Waals surface area contributed by atoms with Gasteiger partial charge >= 0.3 is 13.2 Å². The second-order valence-corrected chi connectivity index (χ2v) is 4.35. The minimum atomic E-state index is -3.15. The van der Waals surface area contributed by atoms with Crippen LogP contribution >= 0.6 is 15.9 Å². The van der Waals surface area contributed by atoms with Crippen LogP contribution in [0, 0.1) is 0 Å². The molecule has 106 valence electrons. The van der Waals surface area contributed by atoms with E-state index in [1.807, 2.05) is 0 Å². The van der Waals surface area contributed by atoms with Crippen LogP contribution in [0.2, 0.25) is 0 Å². The molecular formula is C11H9BrF4O3. The maximum absolute atomic E-state index is 12.2. The summed E-state index contributed by atoms with van der Waals surface area (Å²) in [5.74, 6) is -1.08. The third-order valence-corrected chi connectivity index (χ3v) is 3.19. The van der Waals surface area contributed by atoms with E-state index >= 15 is 0 Å². The Morgan fingerprint density at radius 1 is 1.16 bits per heavy atom. The van der Waals surface area contributed by atoms with Crippen molar-refractivity contribution in [3.8, 4) is 11.5 Å². The van der Waals surface area contributed by atoms with Crippen molar-refractivity contribution in [2.75, 3.05) is 0 Å². The Bertz CT molecular complexity index is 454. The molecule has 0 N–H and O–H groups in total. The summed E-state index contributed by atoms with van der Waals surface area (Å²) in [5.41, 5.74) is 0.106. The maximum Gasteiger partial charge on any atom is 0.387 e. The molecule has 0 saturated carbocycles. The molecule has 1 unspecified atom stereocenters. The Balaban J connectivity index is 3.12. The van der Waals surface area contributed by atoms with E-state index in [2.05, 4.69) is 25.4 Å². The number of hydrogen-bond acceptors (Lipinski definition) is 3. The zero-order chi connectivity index (χ0) is 14.6. The summed E-state index contributed by atoms with van der Waals surface area (Å²) in [4.78, 5) is 10.3. The number of ketones is 1. The number of carbonyl (C=O) groups excluding carboxylic acids is 1. The molecule has 0 heterocycles. The summed E-state index contributed by atoms with van der Waals surface area (Å²) in [6.07, 6.45) is 0. The number of alkyl halides is 5. The van der Waals surface area contributed by atoms with Gasteiger partial charge in [-0.1, -0.05) is 22.0 Å². The van der Waals surface area contributed by atoms with Gasteiger partial charge in [0.2, 0.25) is 0 Å². The molecular weight excluding hydrogens is 336 g/mol. The van der Waals surface area contributed by atoms with Gasteiger partial charge in [-0.2, -0.15) is 17.6 Å². The minimum absolute atomic E-state index is 0.106. The Labute approximate surface area is 114 Å². The SMILES string of the molecule is CC(=O)C(Br)c1ccc(OC(F)F)cc1OC(F)F. The molecule has 0 radical (unpaired) electrons. The van der Waals surface area contributed by atoms with Crippen LogP contribution in [0.1, 0.15) is 17.3 Å². The highest BCUT2D eigenvalue weighted by atomic mass is 79.9. The second-order valence-electron chi connectivity index (χ2n) is 3.43. The molecule has 0 aromatic heterocycles. The molecule has 1 aromatic carbocycles. The first kappa shape index (κ1) is 15.7. The molecule has 0 fully saturated rings. The van der Waals surface area contributed by atoms with Gasteiger partial charge in [-0.05, 0) is 13.0 Å². The number of carbonyl (C=O) groups is 1. The van der Waals surface area contributed by atoms with Crippen molar-refractivity contribution in [1.82, 2.24) is 0 Å². The van der Waals surface area contributed by atoms with Crippen molar-refractivity contribution in [2.24, 2.45) is 0 Å². The standard InChI is InChI=1S/C11H9BrF4O3/c1-5(17)9(12)7-3-2-6(18-10(13)14)4-8(7)19-11(15)16/h2-4,9-11H,1H3. The van der Waals surface area contributed by atoms with Crippen molar-refractivity contribution in [2.45, 2.75) is 25.0 Å². The predicted molar refractivity (Wildman–Crippen MR) is 62.1 cm³/mol. The van der Waals surface area contributed by atoms with Crippen LogP contribution in [0.3, 0.4) is 0 Å². The fourth-order valence-corrected chi connectivity index (χ4v) is 1.70. The molecule has 1 atom stereocenters. The highest BCUT2D eigenvalue weighted by molar-refractivity contribution is 9.09. The summed E-state index contributed by atoms with van der Waals surface area (Å²) in [6.45, 7) is -4.99. The van der Waals surface area contributed by atoms with E-state index in [1.165, 1.54) is 13.0 Å². The Morgan fingerprint density at radius 3 is 2.21 bits per heavy atom. The van der Waals surface area contributed by atoms with Crippen LogP contribution < -0.4 is 9.47 Å². The minimum Gasteiger partial charge on any atom is -0.435 e. The first-order valence-corrected chi connectivity index (χ1v) is 5.91. The molecule has 0 bridgehead atoms. The number of ether oxygens (including phenoxy) is 2. The van der Waals surface area contributed by atoms with E-state index in [4.69, 9.17) is 0 Å². The van der Waals surface area contributed by atoms with E-state index in [1.54, 1.807) is 0 Å². The van der Waals surface area contributed by atoms with Gasteiger partial charge in [0, 0.05) is 11.6 Å². The first-order valence-electron chi connectivity index (χ1n) is 4.99. The number of hydrogen-bond donors (Lipinski definition) is 0. The Kier molecular flexibility index (Phi) is 5.59. The van der Waals surface area contributed by atoms with Crippen molar-refractivity contribution in [3.63, 3.8) is 0 Å². The number of Topliss-reactive ketones (excluding diaryl/α,β-unsaturated/α-hetero) is 1. The monoisotopic (exact) mass is 344 g/mol. The topological polar surface area (TPSA) is 35.5 Å². The molecule has 0 aliphatic heterocycles. The molecule has 0 aliphatic rings. The zero-order valence-corrected chi connectivity index (χ0v) is 11.2. The molecule has 0 saturated heterocycles. The Morgan fingerprint density at radius 2 is 1.74 bits per heavy atom. The van der Waals surface area contributed by atoms with Crippen LogP contribution in [0.5, 0.6) is 11.5 Å². The van der Waals surface area contributed by atoms with Gasteiger partial charge < -0.3 is 9.47 Å². The van der Waals surface area contributed by atoms with E-state index in [0.717, 1.165) is 12.1 Å². The molecule has 8 heteroatoms. The number of rotatable bonds is 6. The van der Waals surface area contributed by atoms with Crippen LogP contribution in [-0.4, -0.2) is 19.0 Å². The van der Waals surface area contributed by atoms with Crippen LogP contribution in [0.4, 0.5) is 17.6 Å². The van der Waals surface area contributed by atoms with E-state index in [0.29, 0.717) is 0 Å². The Hall–Kier alpha value is -1.31. The number of benzene rings is 1. The largest absolute Gasteiger partial charge is 0.435 e. The fraction of sp³-hybridized carbons (Fsp3) is 0.364. The molecule has 19 heavy (non-hydrogen) atoms. The predicted octanol–water partition coefficient (Wildman–Crippen LogP) is 3.91. The highest BCUT2D eigenvalue weighted by Gasteiger charge is 2.21. The fourth-order valence-electron chi connectivity index (χ4n) is 1.32. The molecule has 1 rings (SSSR count). The smallest absolute Gasteiger partial charge is 0.387 e. The van der Waals surface area contributed by atoms with Gasteiger partial charge in [0.15, 0.2) is 0 Å². The van der Waals surface area contributed by atoms with Crippen molar-refractivity contribution in [1.29, 1.82) is 0 Å². The molecule has 0 aliphatic carbocycles. The van der Waals surface area contributed by atoms with Crippen molar-refractivity contribution in [3.05, 3.63) is 23.8 Å². The van der Waals surface area contributed by atoms with E-state index in [9.17, 15) is 22.4 Å². The molecule has 3 nitrogen and oxygen atoms in total. The normalized spacial score (nSPS) is 12.6. The van der Waals surface area contributed by atoms with Crippen molar-refractivity contribution >= 4 is 21.7 Å². The number of halogens is 5. The summed E-state index contributed by atoms with van der Waals surface area (Å²) in [6, 6.07) is 3.22.